The standard InChI is InChI=1S/C22H26N2O7S/c1-22(2,3)31-21(27)18(24-32(28,29)17-8-6-5-7-9-17)14-23-19(25)15-10-12-16(13-11-15)20(26)30-4/h5-13,18,24H,14H2,1-4H3,(H,23,25). The van der Waals surface area contributed by atoms with Crippen LogP contribution in [0.1, 0.15) is 41.5 Å². The summed E-state index contributed by atoms with van der Waals surface area (Å²) in [4.78, 5) is 36.6. The molecule has 2 N–H and O–H groups in total. The van der Waals surface area contributed by atoms with Gasteiger partial charge in [0.1, 0.15) is 11.6 Å². The molecule has 2 rings (SSSR count). The molecule has 0 aliphatic carbocycles. The van der Waals surface area contributed by atoms with Crippen LogP contribution in [-0.2, 0) is 24.3 Å². The van der Waals surface area contributed by atoms with Gasteiger partial charge in [-0.3, -0.25) is 9.59 Å². The second-order valence-electron chi connectivity index (χ2n) is 7.80. The minimum Gasteiger partial charge on any atom is -0.465 e. The van der Waals surface area contributed by atoms with Crippen LogP contribution in [0.25, 0.3) is 0 Å². The fraction of sp³-hybridized carbons (Fsp3) is 0.318. The van der Waals surface area contributed by atoms with Crippen molar-refractivity contribution in [3.63, 3.8) is 0 Å². The lowest BCUT2D eigenvalue weighted by atomic mass is 10.1. The maximum absolute atomic E-state index is 12.7. The van der Waals surface area contributed by atoms with E-state index < -0.39 is 39.5 Å². The van der Waals surface area contributed by atoms with Crippen LogP contribution in [0.4, 0.5) is 0 Å². The van der Waals surface area contributed by atoms with Gasteiger partial charge in [-0.1, -0.05) is 18.2 Å². The molecular formula is C22H26N2O7S. The fourth-order valence-electron chi connectivity index (χ4n) is 2.57. The van der Waals surface area contributed by atoms with E-state index in [1.165, 1.54) is 43.5 Å². The van der Waals surface area contributed by atoms with E-state index in [0.717, 1.165) is 0 Å². The average Bonchev–Trinajstić information content (AvgIpc) is 2.75. The lowest BCUT2D eigenvalue weighted by Crippen LogP contribution is -2.50. The summed E-state index contributed by atoms with van der Waals surface area (Å²) in [7, 11) is -2.80. The Morgan fingerprint density at radius 3 is 2.03 bits per heavy atom. The molecule has 0 bridgehead atoms. The topological polar surface area (TPSA) is 128 Å². The van der Waals surface area contributed by atoms with Crippen LogP contribution in [0.15, 0.2) is 59.5 Å². The Morgan fingerprint density at radius 2 is 1.50 bits per heavy atom. The number of carbonyl (C=O) groups is 3. The third-order valence-electron chi connectivity index (χ3n) is 4.08. The second kappa shape index (κ2) is 10.4. The highest BCUT2D eigenvalue weighted by Gasteiger charge is 2.30. The first kappa shape index (κ1) is 25.0. The van der Waals surface area contributed by atoms with Crippen molar-refractivity contribution in [1.82, 2.24) is 10.0 Å². The molecule has 1 atom stereocenters. The van der Waals surface area contributed by atoms with Gasteiger partial charge in [-0.05, 0) is 57.2 Å². The highest BCUT2D eigenvalue weighted by Crippen LogP contribution is 2.12. The van der Waals surface area contributed by atoms with E-state index in [0.29, 0.717) is 0 Å². The predicted molar refractivity (Wildman–Crippen MR) is 117 cm³/mol. The zero-order valence-electron chi connectivity index (χ0n) is 18.2. The van der Waals surface area contributed by atoms with Gasteiger partial charge in [0, 0.05) is 12.1 Å². The van der Waals surface area contributed by atoms with E-state index in [1.54, 1.807) is 39.0 Å². The summed E-state index contributed by atoms with van der Waals surface area (Å²) < 4.78 is 37.6. The number of carbonyl (C=O) groups excluding carboxylic acids is 3. The number of hydrogen-bond acceptors (Lipinski definition) is 7. The zero-order chi connectivity index (χ0) is 23.9. The summed E-state index contributed by atoms with van der Waals surface area (Å²) in [5.41, 5.74) is -0.376. The Labute approximate surface area is 187 Å². The van der Waals surface area contributed by atoms with Crippen LogP contribution in [0.2, 0.25) is 0 Å². The SMILES string of the molecule is COC(=O)c1ccc(C(=O)NCC(NS(=O)(=O)c2ccccc2)C(=O)OC(C)(C)C)cc1. The van der Waals surface area contributed by atoms with Crippen molar-refractivity contribution >= 4 is 27.9 Å². The molecule has 10 heteroatoms. The molecule has 9 nitrogen and oxygen atoms in total. The van der Waals surface area contributed by atoms with Gasteiger partial charge >= 0.3 is 11.9 Å². The van der Waals surface area contributed by atoms with E-state index in [9.17, 15) is 22.8 Å². The average molecular weight is 463 g/mol. The van der Waals surface area contributed by atoms with Crippen molar-refractivity contribution in [2.45, 2.75) is 37.3 Å². The monoisotopic (exact) mass is 462 g/mol. The van der Waals surface area contributed by atoms with Crippen molar-refractivity contribution in [2.24, 2.45) is 0 Å². The van der Waals surface area contributed by atoms with Gasteiger partial charge in [0.25, 0.3) is 5.91 Å². The smallest absolute Gasteiger partial charge is 0.337 e. The third-order valence-corrected chi connectivity index (χ3v) is 5.56. The molecule has 32 heavy (non-hydrogen) atoms. The van der Waals surface area contributed by atoms with Gasteiger partial charge in [0.15, 0.2) is 0 Å². The quantitative estimate of drug-likeness (QED) is 0.574. The number of sulfonamides is 1. The van der Waals surface area contributed by atoms with Crippen LogP contribution in [0, 0.1) is 0 Å². The van der Waals surface area contributed by atoms with E-state index >= 15 is 0 Å². The highest BCUT2D eigenvalue weighted by molar-refractivity contribution is 7.89. The number of amides is 1. The van der Waals surface area contributed by atoms with Crippen molar-refractivity contribution in [3.05, 3.63) is 65.7 Å². The molecule has 0 heterocycles. The number of methoxy groups -OCH3 is 1. The van der Waals surface area contributed by atoms with Crippen LogP contribution in [0.5, 0.6) is 0 Å². The third kappa shape index (κ3) is 7.17. The number of benzene rings is 2. The summed E-state index contributed by atoms with van der Waals surface area (Å²) in [6, 6.07) is 11.8. The lowest BCUT2D eigenvalue weighted by Gasteiger charge is -2.24. The number of nitrogens with one attached hydrogen (secondary N) is 2. The van der Waals surface area contributed by atoms with Crippen LogP contribution in [0.3, 0.4) is 0 Å². The first-order chi connectivity index (χ1) is 14.9. The van der Waals surface area contributed by atoms with Gasteiger partial charge < -0.3 is 14.8 Å². The molecule has 0 aliphatic rings. The summed E-state index contributed by atoms with van der Waals surface area (Å²) in [6.45, 7) is 4.60. The molecule has 2 aromatic rings. The molecule has 0 fully saturated rings. The fourth-order valence-corrected chi connectivity index (χ4v) is 3.78. The molecule has 2 aromatic carbocycles. The molecule has 0 radical (unpaired) electrons. The summed E-state index contributed by atoms with van der Waals surface area (Å²) in [5, 5.41) is 2.52. The molecule has 0 saturated heterocycles. The van der Waals surface area contributed by atoms with Gasteiger partial charge in [-0.2, -0.15) is 4.72 Å². The number of ether oxygens (including phenoxy) is 2. The summed E-state index contributed by atoms with van der Waals surface area (Å²) in [6.07, 6.45) is 0. The maximum atomic E-state index is 12.7. The Kier molecular flexibility index (Phi) is 8.12. The first-order valence-corrected chi connectivity index (χ1v) is 11.2. The zero-order valence-corrected chi connectivity index (χ0v) is 19.1. The highest BCUT2D eigenvalue weighted by atomic mass is 32.2. The van der Waals surface area contributed by atoms with E-state index in [4.69, 9.17) is 4.74 Å². The van der Waals surface area contributed by atoms with Gasteiger partial charge in [-0.15, -0.1) is 0 Å². The van der Waals surface area contributed by atoms with Crippen molar-refractivity contribution in [2.75, 3.05) is 13.7 Å². The Morgan fingerprint density at radius 1 is 0.938 bits per heavy atom. The largest absolute Gasteiger partial charge is 0.465 e. The maximum Gasteiger partial charge on any atom is 0.337 e. The molecule has 0 aromatic heterocycles. The second-order valence-corrected chi connectivity index (χ2v) is 9.51. The number of esters is 2. The molecule has 172 valence electrons. The minimum atomic E-state index is -4.04. The Hall–Kier alpha value is -3.24. The molecule has 0 saturated carbocycles. The Balaban J connectivity index is 2.16. The molecule has 1 unspecified atom stereocenters. The number of rotatable bonds is 8. The molecule has 1 amide bonds. The Bertz CT molecular complexity index is 1060. The lowest BCUT2D eigenvalue weighted by molar-refractivity contribution is -0.156. The van der Waals surface area contributed by atoms with Crippen LogP contribution >= 0.6 is 0 Å². The van der Waals surface area contributed by atoms with E-state index in [1.807, 2.05) is 0 Å². The van der Waals surface area contributed by atoms with Crippen LogP contribution in [-0.4, -0.2) is 51.6 Å². The van der Waals surface area contributed by atoms with Crippen molar-refractivity contribution in [1.29, 1.82) is 0 Å². The van der Waals surface area contributed by atoms with Crippen LogP contribution < -0.4 is 10.0 Å². The summed E-state index contributed by atoms with van der Waals surface area (Å²) in [5.74, 6) is -1.94. The molecule has 0 aliphatic heterocycles. The van der Waals surface area contributed by atoms with Gasteiger partial charge in [0.05, 0.1) is 17.6 Å². The van der Waals surface area contributed by atoms with Gasteiger partial charge in [-0.25, -0.2) is 13.2 Å². The minimum absolute atomic E-state index is 0.0294. The van der Waals surface area contributed by atoms with E-state index in [2.05, 4.69) is 14.8 Å². The number of hydrogen-bond donors (Lipinski definition) is 2. The first-order valence-electron chi connectivity index (χ1n) is 9.70. The molecule has 0 spiro atoms. The predicted octanol–water partition coefficient (Wildman–Crippen LogP) is 1.89. The normalized spacial score (nSPS) is 12.5. The van der Waals surface area contributed by atoms with E-state index in [-0.39, 0.29) is 22.6 Å². The van der Waals surface area contributed by atoms with Crippen molar-refractivity contribution < 1.29 is 32.3 Å². The van der Waals surface area contributed by atoms with Crippen molar-refractivity contribution in [3.8, 4) is 0 Å². The van der Waals surface area contributed by atoms with Gasteiger partial charge in [0.2, 0.25) is 10.0 Å². The summed E-state index contributed by atoms with van der Waals surface area (Å²) >= 11 is 0. The molecular weight excluding hydrogens is 436 g/mol.